The van der Waals surface area contributed by atoms with Crippen molar-refractivity contribution in [2.75, 3.05) is 5.32 Å². The number of anilines is 1. The van der Waals surface area contributed by atoms with Crippen molar-refractivity contribution in [3.63, 3.8) is 0 Å². The number of pyridine rings is 1. The standard InChI is InChI=1S/C15H14N2O2/c18-11-13-3-6-14(7-4-13)17-15(19)8-5-12-2-1-9-16-10-12/h1-10,18H,11H2,(H,17,19). The molecular weight excluding hydrogens is 240 g/mol. The van der Waals surface area contributed by atoms with Crippen molar-refractivity contribution in [2.24, 2.45) is 0 Å². The molecule has 0 spiro atoms. The highest BCUT2D eigenvalue weighted by molar-refractivity contribution is 6.01. The Hall–Kier alpha value is -2.46. The molecule has 2 rings (SSSR count). The van der Waals surface area contributed by atoms with Crippen LogP contribution in [0, 0.1) is 0 Å². The second kappa shape index (κ2) is 6.47. The summed E-state index contributed by atoms with van der Waals surface area (Å²) in [5.41, 5.74) is 2.37. The van der Waals surface area contributed by atoms with Crippen LogP contribution in [0.5, 0.6) is 0 Å². The molecule has 1 aromatic carbocycles. The van der Waals surface area contributed by atoms with Crippen molar-refractivity contribution in [2.45, 2.75) is 6.61 Å². The van der Waals surface area contributed by atoms with Crippen LogP contribution in [-0.2, 0) is 11.4 Å². The van der Waals surface area contributed by atoms with Gasteiger partial charge < -0.3 is 10.4 Å². The first kappa shape index (κ1) is 13.0. The van der Waals surface area contributed by atoms with E-state index in [0.717, 1.165) is 11.1 Å². The second-order valence-electron chi connectivity index (χ2n) is 3.96. The quantitative estimate of drug-likeness (QED) is 0.822. The molecule has 0 atom stereocenters. The largest absolute Gasteiger partial charge is 0.392 e. The number of aliphatic hydroxyl groups is 1. The van der Waals surface area contributed by atoms with Crippen LogP contribution in [0.2, 0.25) is 0 Å². The Bertz CT molecular complexity index is 562. The third-order valence-corrected chi connectivity index (χ3v) is 2.52. The molecule has 1 amide bonds. The number of amides is 1. The normalized spacial score (nSPS) is 10.6. The third-order valence-electron chi connectivity index (χ3n) is 2.52. The van der Waals surface area contributed by atoms with E-state index in [1.165, 1.54) is 6.08 Å². The number of rotatable bonds is 4. The van der Waals surface area contributed by atoms with Crippen LogP contribution in [0.1, 0.15) is 11.1 Å². The number of hydrogen-bond acceptors (Lipinski definition) is 3. The molecule has 96 valence electrons. The van der Waals surface area contributed by atoms with E-state index in [-0.39, 0.29) is 12.5 Å². The number of aliphatic hydroxyl groups excluding tert-OH is 1. The summed E-state index contributed by atoms with van der Waals surface area (Å²) < 4.78 is 0. The molecule has 0 bridgehead atoms. The minimum atomic E-state index is -0.208. The van der Waals surface area contributed by atoms with Crippen molar-refractivity contribution in [1.29, 1.82) is 0 Å². The Morgan fingerprint density at radius 2 is 2.05 bits per heavy atom. The van der Waals surface area contributed by atoms with Gasteiger partial charge in [0.1, 0.15) is 0 Å². The molecule has 0 aliphatic rings. The molecule has 2 N–H and O–H groups in total. The average Bonchev–Trinajstić information content (AvgIpc) is 2.47. The lowest BCUT2D eigenvalue weighted by atomic mass is 10.2. The second-order valence-corrected chi connectivity index (χ2v) is 3.96. The molecular formula is C15H14N2O2. The lowest BCUT2D eigenvalue weighted by molar-refractivity contribution is -0.111. The Labute approximate surface area is 111 Å². The maximum absolute atomic E-state index is 11.7. The molecule has 0 fully saturated rings. The summed E-state index contributed by atoms with van der Waals surface area (Å²) in [4.78, 5) is 15.6. The van der Waals surface area contributed by atoms with E-state index in [9.17, 15) is 4.79 Å². The van der Waals surface area contributed by atoms with Crippen LogP contribution in [-0.4, -0.2) is 16.0 Å². The first-order valence-electron chi connectivity index (χ1n) is 5.87. The van der Waals surface area contributed by atoms with E-state index < -0.39 is 0 Å². The first-order valence-corrected chi connectivity index (χ1v) is 5.87. The Morgan fingerprint density at radius 1 is 1.26 bits per heavy atom. The fourth-order valence-electron chi connectivity index (χ4n) is 1.52. The highest BCUT2D eigenvalue weighted by Crippen LogP contribution is 2.09. The van der Waals surface area contributed by atoms with Gasteiger partial charge in [-0.2, -0.15) is 0 Å². The van der Waals surface area contributed by atoms with Gasteiger partial charge in [-0.3, -0.25) is 9.78 Å². The lowest BCUT2D eigenvalue weighted by Gasteiger charge is -2.02. The molecule has 2 aromatic rings. The predicted octanol–water partition coefficient (Wildman–Crippen LogP) is 2.23. The van der Waals surface area contributed by atoms with Gasteiger partial charge in [0, 0.05) is 24.2 Å². The Kier molecular flexibility index (Phi) is 4.42. The molecule has 0 unspecified atom stereocenters. The number of benzene rings is 1. The van der Waals surface area contributed by atoms with Gasteiger partial charge in [0.25, 0.3) is 0 Å². The summed E-state index contributed by atoms with van der Waals surface area (Å²) in [5.74, 6) is -0.208. The van der Waals surface area contributed by atoms with Crippen molar-refractivity contribution in [3.8, 4) is 0 Å². The van der Waals surface area contributed by atoms with E-state index in [1.54, 1.807) is 42.7 Å². The van der Waals surface area contributed by atoms with Crippen molar-refractivity contribution in [3.05, 3.63) is 66.0 Å². The van der Waals surface area contributed by atoms with Crippen LogP contribution in [0.15, 0.2) is 54.9 Å². The zero-order chi connectivity index (χ0) is 13.5. The van der Waals surface area contributed by atoms with Gasteiger partial charge in [-0.1, -0.05) is 18.2 Å². The zero-order valence-electron chi connectivity index (χ0n) is 10.3. The topological polar surface area (TPSA) is 62.2 Å². The third kappa shape index (κ3) is 4.04. The summed E-state index contributed by atoms with van der Waals surface area (Å²) in [6, 6.07) is 10.7. The zero-order valence-corrected chi connectivity index (χ0v) is 10.3. The van der Waals surface area contributed by atoms with Gasteiger partial charge in [-0.05, 0) is 35.4 Å². The molecule has 0 aliphatic heterocycles. The number of nitrogens with one attached hydrogen (secondary N) is 1. The number of aromatic nitrogens is 1. The first-order chi connectivity index (χ1) is 9.28. The molecule has 4 nitrogen and oxygen atoms in total. The number of nitrogens with zero attached hydrogens (tertiary/aromatic N) is 1. The lowest BCUT2D eigenvalue weighted by Crippen LogP contribution is -2.07. The Morgan fingerprint density at radius 3 is 2.68 bits per heavy atom. The van der Waals surface area contributed by atoms with Crippen molar-refractivity contribution < 1.29 is 9.90 Å². The SMILES string of the molecule is O=C(C=Cc1cccnc1)Nc1ccc(CO)cc1. The fourth-order valence-corrected chi connectivity index (χ4v) is 1.52. The minimum absolute atomic E-state index is 0.00483. The fraction of sp³-hybridized carbons (Fsp3) is 0.0667. The number of carbonyl (C=O) groups is 1. The van der Waals surface area contributed by atoms with Crippen LogP contribution in [0.3, 0.4) is 0 Å². The van der Waals surface area contributed by atoms with E-state index in [4.69, 9.17) is 5.11 Å². The van der Waals surface area contributed by atoms with Crippen molar-refractivity contribution in [1.82, 2.24) is 4.98 Å². The van der Waals surface area contributed by atoms with Crippen LogP contribution in [0.4, 0.5) is 5.69 Å². The van der Waals surface area contributed by atoms with Crippen molar-refractivity contribution >= 4 is 17.7 Å². The summed E-state index contributed by atoms with van der Waals surface area (Å²) in [6.07, 6.45) is 6.52. The molecule has 0 radical (unpaired) electrons. The highest BCUT2D eigenvalue weighted by atomic mass is 16.3. The van der Waals surface area contributed by atoms with Gasteiger partial charge in [0.05, 0.1) is 6.61 Å². The molecule has 1 aromatic heterocycles. The smallest absolute Gasteiger partial charge is 0.248 e. The van der Waals surface area contributed by atoms with Gasteiger partial charge in [0.2, 0.25) is 5.91 Å². The maximum Gasteiger partial charge on any atom is 0.248 e. The summed E-state index contributed by atoms with van der Waals surface area (Å²) >= 11 is 0. The van der Waals surface area contributed by atoms with E-state index in [1.807, 2.05) is 12.1 Å². The van der Waals surface area contributed by atoms with Gasteiger partial charge in [-0.15, -0.1) is 0 Å². The monoisotopic (exact) mass is 254 g/mol. The number of carbonyl (C=O) groups excluding carboxylic acids is 1. The van der Waals surface area contributed by atoms with Crippen LogP contribution >= 0.6 is 0 Å². The van der Waals surface area contributed by atoms with Gasteiger partial charge >= 0.3 is 0 Å². The molecule has 0 saturated heterocycles. The minimum Gasteiger partial charge on any atom is -0.392 e. The summed E-state index contributed by atoms with van der Waals surface area (Å²) in [5, 5.41) is 11.7. The van der Waals surface area contributed by atoms with E-state index in [2.05, 4.69) is 10.3 Å². The predicted molar refractivity (Wildman–Crippen MR) is 74.3 cm³/mol. The van der Waals surface area contributed by atoms with Crippen LogP contribution in [0.25, 0.3) is 6.08 Å². The van der Waals surface area contributed by atoms with E-state index in [0.29, 0.717) is 5.69 Å². The Balaban J connectivity index is 1.95. The highest BCUT2D eigenvalue weighted by Gasteiger charge is 1.98. The molecule has 4 heteroatoms. The molecule has 0 saturated carbocycles. The number of hydrogen-bond donors (Lipinski definition) is 2. The molecule has 0 aliphatic carbocycles. The maximum atomic E-state index is 11.7. The summed E-state index contributed by atoms with van der Waals surface area (Å²) in [6.45, 7) is -0.00483. The molecule has 1 heterocycles. The van der Waals surface area contributed by atoms with Gasteiger partial charge in [-0.25, -0.2) is 0 Å². The molecule has 19 heavy (non-hydrogen) atoms. The van der Waals surface area contributed by atoms with Gasteiger partial charge in [0.15, 0.2) is 0 Å². The van der Waals surface area contributed by atoms with Crippen LogP contribution < -0.4 is 5.32 Å². The van der Waals surface area contributed by atoms with E-state index >= 15 is 0 Å². The summed E-state index contributed by atoms with van der Waals surface area (Å²) in [7, 11) is 0. The average molecular weight is 254 g/mol.